The fraction of sp³-hybridized carbons (Fsp3) is 0.818. The van der Waals surface area contributed by atoms with Crippen molar-refractivity contribution in [3.63, 3.8) is 0 Å². The van der Waals surface area contributed by atoms with Crippen LogP contribution < -0.4 is 0 Å². The van der Waals surface area contributed by atoms with Crippen LogP contribution in [0.25, 0.3) is 0 Å². The second-order valence-electron chi connectivity index (χ2n) is 14.7. The number of ether oxygens (including phenoxy) is 1. The number of aliphatic carboxylic acids is 1. The van der Waals surface area contributed by atoms with E-state index in [0.29, 0.717) is 31.1 Å². The molecule has 0 spiro atoms. The minimum absolute atomic E-state index is 0.0146. The molecule has 0 amide bonds. The number of carbonyl (C=O) groups is 2. The van der Waals surface area contributed by atoms with Gasteiger partial charge in [0.15, 0.2) is 0 Å². The fourth-order valence-electron chi connectivity index (χ4n) is 9.83. The molecule has 8 unspecified atom stereocenters. The second-order valence-corrected chi connectivity index (χ2v) is 14.7. The second kappa shape index (κ2) is 9.78. The molecule has 0 saturated heterocycles. The van der Waals surface area contributed by atoms with Crippen LogP contribution in [-0.2, 0) is 14.3 Å². The molecule has 0 radical (unpaired) electrons. The summed E-state index contributed by atoms with van der Waals surface area (Å²) in [7, 11) is 0. The van der Waals surface area contributed by atoms with Crippen LogP contribution in [0.3, 0.4) is 0 Å². The zero-order chi connectivity index (χ0) is 28.4. The Hall–Kier alpha value is -1.62. The van der Waals surface area contributed by atoms with E-state index in [-0.39, 0.29) is 40.3 Å². The maximum absolute atomic E-state index is 12.8. The Kier molecular flexibility index (Phi) is 7.56. The molecule has 38 heavy (non-hydrogen) atoms. The van der Waals surface area contributed by atoms with Crippen LogP contribution in [0.15, 0.2) is 23.3 Å². The summed E-state index contributed by atoms with van der Waals surface area (Å²) in [5, 5.41) is 21.4. The van der Waals surface area contributed by atoms with Gasteiger partial charge in [0.1, 0.15) is 6.10 Å². The lowest BCUT2D eigenvalue weighted by Crippen LogP contribution is -2.56. The Morgan fingerprint density at radius 2 is 1.71 bits per heavy atom. The van der Waals surface area contributed by atoms with E-state index >= 15 is 0 Å². The van der Waals surface area contributed by atoms with E-state index in [1.807, 2.05) is 0 Å². The smallest absolute Gasteiger partial charge is 0.306 e. The van der Waals surface area contributed by atoms with Gasteiger partial charge in [0.25, 0.3) is 0 Å². The summed E-state index contributed by atoms with van der Waals surface area (Å²) in [6.45, 7) is 21.4. The summed E-state index contributed by atoms with van der Waals surface area (Å²) in [4.78, 5) is 25.2. The molecule has 8 atom stereocenters. The third kappa shape index (κ3) is 4.21. The van der Waals surface area contributed by atoms with Crippen molar-refractivity contribution < 1.29 is 24.5 Å². The molecule has 2 fully saturated rings. The SMILES string of the molecule is C=C(CCC(C(=O)O)C1CC(OC(C)=O)C2(C)C3=C(CCC12C)C1(C)CCC(O)C(C)(C)C1CC3)C(C)C. The molecule has 0 aromatic carbocycles. The summed E-state index contributed by atoms with van der Waals surface area (Å²) in [6, 6.07) is 0. The Labute approximate surface area is 230 Å². The van der Waals surface area contributed by atoms with Crippen molar-refractivity contribution in [1.82, 2.24) is 0 Å². The number of esters is 1. The van der Waals surface area contributed by atoms with Crippen molar-refractivity contribution in [1.29, 1.82) is 0 Å². The molecule has 0 aliphatic heterocycles. The normalized spacial score (nSPS) is 40.7. The first-order valence-corrected chi connectivity index (χ1v) is 15.0. The first-order valence-electron chi connectivity index (χ1n) is 15.0. The summed E-state index contributed by atoms with van der Waals surface area (Å²) < 4.78 is 6.13. The predicted molar refractivity (Wildman–Crippen MR) is 150 cm³/mol. The lowest BCUT2D eigenvalue weighted by Gasteiger charge is -2.62. The van der Waals surface area contributed by atoms with E-state index in [0.717, 1.165) is 44.1 Å². The highest BCUT2D eigenvalue weighted by molar-refractivity contribution is 5.71. The zero-order valence-corrected chi connectivity index (χ0v) is 25.2. The molecular weight excluding hydrogens is 476 g/mol. The fourth-order valence-corrected chi connectivity index (χ4v) is 9.83. The number of carboxylic acids is 1. The van der Waals surface area contributed by atoms with Crippen molar-refractivity contribution >= 4 is 11.9 Å². The average Bonchev–Trinajstić information content (AvgIpc) is 3.03. The van der Waals surface area contributed by atoms with E-state index in [2.05, 4.69) is 55.0 Å². The third-order valence-corrected chi connectivity index (χ3v) is 12.5. The van der Waals surface area contributed by atoms with Gasteiger partial charge in [-0.3, -0.25) is 9.59 Å². The molecule has 2 saturated carbocycles. The summed E-state index contributed by atoms with van der Waals surface area (Å²) in [5.41, 5.74) is 3.25. The Morgan fingerprint density at radius 3 is 2.29 bits per heavy atom. The lowest BCUT2D eigenvalue weighted by molar-refractivity contribution is -0.154. The van der Waals surface area contributed by atoms with Crippen LogP contribution >= 0.6 is 0 Å². The highest BCUT2D eigenvalue weighted by atomic mass is 16.5. The van der Waals surface area contributed by atoms with Gasteiger partial charge in [-0.25, -0.2) is 0 Å². The van der Waals surface area contributed by atoms with Gasteiger partial charge in [-0.2, -0.15) is 0 Å². The summed E-state index contributed by atoms with van der Waals surface area (Å²) in [6.07, 6.45) is 6.88. The number of allylic oxidation sites excluding steroid dienone is 2. The molecule has 0 bridgehead atoms. The topological polar surface area (TPSA) is 83.8 Å². The molecule has 4 aliphatic rings. The first-order chi connectivity index (χ1) is 17.5. The van der Waals surface area contributed by atoms with Crippen molar-refractivity contribution in [2.24, 2.45) is 45.3 Å². The highest BCUT2D eigenvalue weighted by Gasteiger charge is 2.68. The van der Waals surface area contributed by atoms with Gasteiger partial charge in [0, 0.05) is 12.3 Å². The van der Waals surface area contributed by atoms with Gasteiger partial charge in [-0.05, 0) is 91.8 Å². The first kappa shape index (κ1) is 29.4. The molecule has 0 aromatic heterocycles. The van der Waals surface area contributed by atoms with E-state index in [9.17, 15) is 19.8 Å². The molecule has 4 aliphatic carbocycles. The van der Waals surface area contributed by atoms with Crippen LogP contribution in [0, 0.1) is 45.3 Å². The van der Waals surface area contributed by atoms with Crippen molar-refractivity contribution in [3.8, 4) is 0 Å². The van der Waals surface area contributed by atoms with Gasteiger partial charge in [-0.1, -0.05) is 71.8 Å². The number of carboxylic acid groups (broad SMARTS) is 1. The van der Waals surface area contributed by atoms with Crippen LogP contribution in [-0.4, -0.2) is 34.4 Å². The minimum Gasteiger partial charge on any atom is -0.481 e. The van der Waals surface area contributed by atoms with Gasteiger partial charge in [0.05, 0.1) is 12.0 Å². The van der Waals surface area contributed by atoms with Crippen molar-refractivity contribution in [2.45, 2.75) is 125 Å². The minimum atomic E-state index is -0.739. The number of hydrogen-bond donors (Lipinski definition) is 2. The third-order valence-electron chi connectivity index (χ3n) is 12.5. The monoisotopic (exact) mass is 528 g/mol. The molecule has 2 N–H and O–H groups in total. The molecule has 214 valence electrons. The summed E-state index contributed by atoms with van der Waals surface area (Å²) >= 11 is 0. The molecular formula is C33H52O5. The van der Waals surface area contributed by atoms with E-state index in [4.69, 9.17) is 4.74 Å². The number of aliphatic hydroxyl groups is 1. The molecule has 4 rings (SSSR count). The van der Waals surface area contributed by atoms with Gasteiger partial charge in [0.2, 0.25) is 0 Å². The standard InChI is InChI=1S/C33H52O5/c1-19(2)20(3)10-11-22(29(36)37)25-18-28(38-21(4)34)33(9)24-12-13-26-30(5,6)27(35)15-16-31(26,7)23(24)14-17-32(25,33)8/h19,22,25-28,35H,3,10-18H2,1-2,4-9H3,(H,36,37). The van der Waals surface area contributed by atoms with E-state index in [1.165, 1.54) is 18.1 Å². The lowest BCUT2D eigenvalue weighted by atomic mass is 9.43. The van der Waals surface area contributed by atoms with E-state index in [1.54, 1.807) is 0 Å². The Morgan fingerprint density at radius 1 is 1.05 bits per heavy atom. The zero-order valence-electron chi connectivity index (χ0n) is 25.2. The van der Waals surface area contributed by atoms with E-state index < -0.39 is 17.3 Å². The maximum Gasteiger partial charge on any atom is 0.306 e. The van der Waals surface area contributed by atoms with Gasteiger partial charge >= 0.3 is 11.9 Å². The largest absolute Gasteiger partial charge is 0.481 e. The number of carbonyl (C=O) groups excluding carboxylic acids is 1. The maximum atomic E-state index is 12.8. The van der Waals surface area contributed by atoms with Crippen LogP contribution in [0.1, 0.15) is 113 Å². The van der Waals surface area contributed by atoms with Gasteiger partial charge < -0.3 is 14.9 Å². The molecule has 0 heterocycles. The van der Waals surface area contributed by atoms with Crippen molar-refractivity contribution in [3.05, 3.63) is 23.3 Å². The number of fused-ring (bicyclic) bond motifs is 4. The number of rotatable bonds is 7. The quantitative estimate of drug-likeness (QED) is 0.267. The molecule has 5 heteroatoms. The molecule has 5 nitrogen and oxygen atoms in total. The highest BCUT2D eigenvalue weighted by Crippen LogP contribution is 2.73. The molecule has 0 aromatic rings. The van der Waals surface area contributed by atoms with Crippen LogP contribution in [0.2, 0.25) is 0 Å². The summed E-state index contributed by atoms with van der Waals surface area (Å²) in [5.74, 6) is -0.847. The number of hydrogen-bond acceptors (Lipinski definition) is 4. The average molecular weight is 529 g/mol. The van der Waals surface area contributed by atoms with Gasteiger partial charge in [-0.15, -0.1) is 0 Å². The van der Waals surface area contributed by atoms with Crippen molar-refractivity contribution in [2.75, 3.05) is 0 Å². The Balaban J connectivity index is 1.79. The van der Waals surface area contributed by atoms with Crippen LogP contribution in [0.5, 0.6) is 0 Å². The predicted octanol–water partition coefficient (Wildman–Crippen LogP) is 7.33. The van der Waals surface area contributed by atoms with Crippen LogP contribution in [0.4, 0.5) is 0 Å². The Bertz CT molecular complexity index is 1020. The number of aliphatic hydroxyl groups excluding tert-OH is 1.